The zero-order valence-corrected chi connectivity index (χ0v) is 33.6. The topological polar surface area (TPSA) is 160 Å². The Labute approximate surface area is 349 Å². The van der Waals surface area contributed by atoms with Crippen molar-refractivity contribution in [2.45, 2.75) is 77.2 Å². The summed E-state index contributed by atoms with van der Waals surface area (Å²) in [5.74, 6) is 1.61. The molecule has 11 nitrogen and oxygen atoms in total. The lowest BCUT2D eigenvalue weighted by molar-refractivity contribution is -0.174. The van der Waals surface area contributed by atoms with E-state index >= 15 is 0 Å². The number of hydrogen-bond donors (Lipinski definition) is 2. The van der Waals surface area contributed by atoms with Gasteiger partial charge < -0.3 is 9.97 Å². The second kappa shape index (κ2) is 19.9. The predicted molar refractivity (Wildman–Crippen MR) is 218 cm³/mol. The van der Waals surface area contributed by atoms with Crippen LogP contribution in [0.2, 0.25) is 0 Å². The minimum Gasteiger partial charge on any atom is -0.345 e. The van der Waals surface area contributed by atoms with E-state index in [1.54, 1.807) is 18.6 Å². The first-order valence-corrected chi connectivity index (χ1v) is 20.0. The summed E-state index contributed by atoms with van der Waals surface area (Å²) >= 11 is 0. The van der Waals surface area contributed by atoms with Crippen LogP contribution in [-0.4, -0.2) is 76.3 Å². The normalized spacial score (nSPS) is 20.2. The van der Waals surface area contributed by atoms with Gasteiger partial charge in [-0.25, -0.2) is 19.9 Å². The van der Waals surface area contributed by atoms with Crippen LogP contribution in [0.4, 0.5) is 26.3 Å². The maximum absolute atomic E-state index is 13.3. The number of allylic oxidation sites excluding steroid dienone is 2. The van der Waals surface area contributed by atoms with Gasteiger partial charge in [0.1, 0.15) is 11.0 Å². The summed E-state index contributed by atoms with van der Waals surface area (Å²) in [7, 11) is 0. The summed E-state index contributed by atoms with van der Waals surface area (Å²) in [5.41, 5.74) is 8.66. The number of hydrogen-bond acceptors (Lipinski definition) is 9. The molecule has 318 valence electrons. The van der Waals surface area contributed by atoms with E-state index in [0.29, 0.717) is 23.8 Å². The zero-order valence-electron chi connectivity index (χ0n) is 33.6. The van der Waals surface area contributed by atoms with Crippen LogP contribution in [0.25, 0.3) is 44.8 Å². The highest BCUT2D eigenvalue weighted by Gasteiger charge is 2.46. The Kier molecular flexibility index (Phi) is 14.5. The number of aromatic nitrogens is 8. The number of fused-ring (bicyclic) bond motifs is 2. The van der Waals surface area contributed by atoms with Gasteiger partial charge in [0.2, 0.25) is 0 Å². The first kappa shape index (κ1) is 44.4. The molecular formula is C44H45F6N11. The van der Waals surface area contributed by atoms with E-state index in [4.69, 9.17) is 15.5 Å². The van der Waals surface area contributed by atoms with Gasteiger partial charge in [-0.15, -0.1) is 0 Å². The first-order valence-electron chi connectivity index (χ1n) is 20.0. The molecule has 6 aromatic rings. The zero-order chi connectivity index (χ0) is 43.6. The second-order valence-corrected chi connectivity index (χ2v) is 15.7. The SMILES string of the molecule is C[C@@H]1CCC[C@@H](Cc2ncccc2-c2cnc3[nH]ccc3n2)C1.C[C@H]1C[C@H](Cc2ncccc2-c2cnc3[nH]ccc3n2)CN(C(C#N)C(F)(F)F)C1.N#C/C=C/C(F)(F)F. The predicted octanol–water partition coefficient (Wildman–Crippen LogP) is 9.99. The van der Waals surface area contributed by atoms with Crippen molar-refractivity contribution in [2.24, 2.45) is 23.7 Å². The van der Waals surface area contributed by atoms with Gasteiger partial charge in [0, 0.05) is 61.2 Å². The Morgan fingerprint density at radius 3 is 1.80 bits per heavy atom. The molecule has 2 fully saturated rings. The molecule has 0 radical (unpaired) electrons. The van der Waals surface area contributed by atoms with Crippen LogP contribution in [0.15, 0.2) is 85.7 Å². The molecule has 1 aliphatic carbocycles. The monoisotopic (exact) mass is 841 g/mol. The number of H-pyrrole nitrogens is 2. The molecular weight excluding hydrogens is 797 g/mol. The van der Waals surface area contributed by atoms with Crippen molar-refractivity contribution in [2.75, 3.05) is 13.1 Å². The third kappa shape index (κ3) is 12.2. The van der Waals surface area contributed by atoms with Crippen LogP contribution >= 0.6 is 0 Å². The number of alkyl halides is 6. The number of likely N-dealkylation sites (tertiary alicyclic amines) is 1. The van der Waals surface area contributed by atoms with E-state index in [1.807, 2.05) is 55.8 Å². The van der Waals surface area contributed by atoms with E-state index in [0.717, 1.165) is 69.6 Å². The van der Waals surface area contributed by atoms with Gasteiger partial charge in [-0.2, -0.15) is 36.9 Å². The van der Waals surface area contributed by atoms with Gasteiger partial charge in [-0.3, -0.25) is 14.9 Å². The van der Waals surface area contributed by atoms with Crippen molar-refractivity contribution in [1.82, 2.24) is 44.8 Å². The van der Waals surface area contributed by atoms with Gasteiger partial charge in [0.15, 0.2) is 17.3 Å². The third-order valence-corrected chi connectivity index (χ3v) is 10.8. The van der Waals surface area contributed by atoms with Crippen molar-refractivity contribution in [3.8, 4) is 34.7 Å². The summed E-state index contributed by atoms with van der Waals surface area (Å²) in [6, 6.07) is 12.2. The highest BCUT2D eigenvalue weighted by molar-refractivity contribution is 5.75. The van der Waals surface area contributed by atoms with E-state index in [1.165, 1.54) is 42.7 Å². The Morgan fingerprint density at radius 1 is 0.754 bits per heavy atom. The molecule has 0 amide bonds. The fourth-order valence-electron chi connectivity index (χ4n) is 8.26. The minimum atomic E-state index is -4.56. The Balaban J connectivity index is 0.000000177. The summed E-state index contributed by atoms with van der Waals surface area (Å²) in [6.07, 6.45) is 9.81. The average Bonchev–Trinajstić information content (AvgIpc) is 3.90. The number of pyridine rings is 2. The number of nitrogens with one attached hydrogen (secondary N) is 2. The van der Waals surface area contributed by atoms with Gasteiger partial charge in [-0.1, -0.05) is 33.1 Å². The summed E-state index contributed by atoms with van der Waals surface area (Å²) in [4.78, 5) is 34.7. The smallest absolute Gasteiger partial charge is 0.345 e. The van der Waals surface area contributed by atoms with Crippen molar-refractivity contribution in [3.63, 3.8) is 0 Å². The highest BCUT2D eigenvalue weighted by Crippen LogP contribution is 2.34. The molecule has 61 heavy (non-hydrogen) atoms. The van der Waals surface area contributed by atoms with Gasteiger partial charge in [0.25, 0.3) is 0 Å². The molecule has 0 aromatic carbocycles. The molecule has 2 aliphatic rings. The third-order valence-electron chi connectivity index (χ3n) is 10.8. The van der Waals surface area contributed by atoms with Gasteiger partial charge >= 0.3 is 12.4 Å². The number of nitriles is 2. The van der Waals surface area contributed by atoms with Crippen LogP contribution in [0.5, 0.6) is 0 Å². The summed E-state index contributed by atoms with van der Waals surface area (Å²) in [5, 5.41) is 16.7. The summed E-state index contributed by atoms with van der Waals surface area (Å²) in [6.45, 7) is 4.77. The second-order valence-electron chi connectivity index (χ2n) is 15.7. The number of halogens is 6. The number of piperidine rings is 1. The van der Waals surface area contributed by atoms with E-state index < -0.39 is 18.4 Å². The van der Waals surface area contributed by atoms with Crippen LogP contribution < -0.4 is 0 Å². The molecule has 1 saturated heterocycles. The molecule has 1 aliphatic heterocycles. The molecule has 1 unspecified atom stereocenters. The van der Waals surface area contributed by atoms with Gasteiger partial charge in [0.05, 0.1) is 47.3 Å². The van der Waals surface area contributed by atoms with Crippen molar-refractivity contribution < 1.29 is 26.3 Å². The molecule has 17 heteroatoms. The molecule has 2 N–H and O–H groups in total. The minimum absolute atomic E-state index is 0.0375. The lowest BCUT2D eigenvalue weighted by Crippen LogP contribution is -2.51. The fourth-order valence-corrected chi connectivity index (χ4v) is 8.26. The maximum atomic E-state index is 13.3. The van der Waals surface area contributed by atoms with Crippen LogP contribution in [-0.2, 0) is 12.8 Å². The molecule has 6 aromatic heterocycles. The fraction of sp³-hybridized carbons (Fsp3) is 0.409. The Bertz CT molecular complexity index is 2480. The maximum Gasteiger partial charge on any atom is 0.417 e. The lowest BCUT2D eigenvalue weighted by Gasteiger charge is -2.39. The first-order chi connectivity index (χ1) is 29.2. The van der Waals surface area contributed by atoms with E-state index in [2.05, 4.69) is 47.9 Å². The van der Waals surface area contributed by atoms with Gasteiger partial charge in [-0.05, 0) is 85.8 Å². The van der Waals surface area contributed by atoms with Crippen molar-refractivity contribution in [1.29, 1.82) is 10.5 Å². The molecule has 7 heterocycles. The number of rotatable bonds is 7. The van der Waals surface area contributed by atoms with Crippen molar-refractivity contribution in [3.05, 3.63) is 97.1 Å². The standard InChI is InChI=1S/C21H21F3N6.C19H22N4.C4H2F3N/c1-13-7-14(12-30(11-13)19(9-25)21(22,23)24)8-17-15(3-2-5-26-17)18-10-28-20-16(29-18)4-6-27-20;1-13-4-2-5-14(10-13)11-17-15(6-3-8-20-17)18-12-22-19-16(23-18)7-9-21-19;5-4(6,7)2-1-3-8/h2-6,10,13-14,19H,7-8,11-12H2,1H3,(H,27,28);3,6-9,12-14H,2,4-5,10-11H2,1H3,(H,21,22);1-2H/b;;2-1+/t13-,14+,19?;13-,14-;/m01./s1. The molecule has 1 saturated carbocycles. The number of aromatic amines is 2. The molecule has 0 bridgehead atoms. The van der Waals surface area contributed by atoms with E-state index in [9.17, 15) is 26.3 Å². The highest BCUT2D eigenvalue weighted by atomic mass is 19.4. The Hall–Kier alpha value is -6.20. The number of nitrogens with zero attached hydrogens (tertiary/aromatic N) is 9. The van der Waals surface area contributed by atoms with Crippen LogP contribution in [0, 0.1) is 46.3 Å². The molecule has 5 atom stereocenters. The molecule has 8 rings (SSSR count). The molecule has 0 spiro atoms. The Morgan fingerprint density at radius 2 is 1.31 bits per heavy atom. The van der Waals surface area contributed by atoms with Crippen LogP contribution in [0.1, 0.15) is 57.3 Å². The lowest BCUT2D eigenvalue weighted by atomic mass is 9.80. The van der Waals surface area contributed by atoms with Crippen LogP contribution in [0.3, 0.4) is 0 Å². The largest absolute Gasteiger partial charge is 0.417 e. The summed E-state index contributed by atoms with van der Waals surface area (Å²) < 4.78 is 72.8. The van der Waals surface area contributed by atoms with Crippen molar-refractivity contribution >= 4 is 22.3 Å². The van der Waals surface area contributed by atoms with E-state index in [-0.39, 0.29) is 31.0 Å². The quantitative estimate of drug-likeness (QED) is 0.118. The average molecular weight is 842 g/mol.